The Morgan fingerprint density at radius 1 is 1.42 bits per heavy atom. The molecule has 1 atom stereocenters. The van der Waals surface area contributed by atoms with Crippen LogP contribution in [-0.2, 0) is 11.3 Å². The van der Waals surface area contributed by atoms with Crippen molar-refractivity contribution in [1.29, 1.82) is 5.26 Å². The number of para-hydroxylation sites is 1. The number of nitrogens with one attached hydrogen (secondary N) is 1. The van der Waals surface area contributed by atoms with Crippen molar-refractivity contribution in [3.05, 3.63) is 42.1 Å². The monoisotopic (exact) mass is 325 g/mol. The van der Waals surface area contributed by atoms with E-state index in [0.717, 1.165) is 16.5 Å². The number of hydrogen-bond donors (Lipinski definition) is 2. The van der Waals surface area contributed by atoms with E-state index in [-0.39, 0.29) is 18.4 Å². The van der Waals surface area contributed by atoms with Crippen LogP contribution < -0.4 is 5.32 Å². The molecule has 0 aliphatic heterocycles. The molecule has 0 radical (unpaired) electrons. The van der Waals surface area contributed by atoms with Gasteiger partial charge in [0.15, 0.2) is 0 Å². The first-order chi connectivity index (χ1) is 11.5. The Balaban J connectivity index is 2.11. The molecule has 0 aliphatic rings. The number of aliphatic hydroxyl groups excluding tert-OH is 1. The lowest BCUT2D eigenvalue weighted by Gasteiger charge is -2.13. The summed E-state index contributed by atoms with van der Waals surface area (Å²) < 4.78 is 2.03. The molecular weight excluding hydrogens is 302 g/mol. The van der Waals surface area contributed by atoms with Crippen molar-refractivity contribution in [2.75, 3.05) is 6.54 Å². The molecule has 2 N–H and O–H groups in total. The molecule has 1 aromatic carbocycles. The first-order valence-corrected chi connectivity index (χ1v) is 8.11. The molecule has 0 spiro atoms. The molecule has 2 aromatic rings. The second kappa shape index (κ2) is 8.32. The second-order valence-electron chi connectivity index (χ2n) is 6.09. The van der Waals surface area contributed by atoms with Gasteiger partial charge in [-0.15, -0.1) is 0 Å². The molecule has 0 saturated heterocycles. The second-order valence-corrected chi connectivity index (χ2v) is 6.09. The Morgan fingerprint density at radius 2 is 2.17 bits per heavy atom. The van der Waals surface area contributed by atoms with Gasteiger partial charge in [0.25, 0.3) is 0 Å². The van der Waals surface area contributed by atoms with Crippen LogP contribution >= 0.6 is 0 Å². The molecule has 0 bridgehead atoms. The van der Waals surface area contributed by atoms with Crippen LogP contribution in [0, 0.1) is 17.2 Å². The standard InChI is InChI=1S/C19H23N3O2/c1-14(2)18(23)12-21-19(24)9-8-15-13-22(11-5-10-20)17-7-4-3-6-16(15)17/h3-4,6-9,13-14,18,23H,5,11-12H2,1-2H3,(H,21,24)/b9-8+. The van der Waals surface area contributed by atoms with Gasteiger partial charge < -0.3 is 15.0 Å². The van der Waals surface area contributed by atoms with Crippen LogP contribution in [0.4, 0.5) is 0 Å². The molecular formula is C19H23N3O2. The number of carbonyl (C=O) groups excluding carboxylic acids is 1. The molecule has 1 amide bonds. The number of nitriles is 1. The number of amides is 1. The fraction of sp³-hybridized carbons (Fsp3) is 0.368. The normalized spacial score (nSPS) is 12.6. The van der Waals surface area contributed by atoms with Crippen molar-refractivity contribution in [3.8, 4) is 6.07 Å². The van der Waals surface area contributed by atoms with E-state index in [1.54, 1.807) is 6.08 Å². The topological polar surface area (TPSA) is 78.0 Å². The highest BCUT2D eigenvalue weighted by Gasteiger charge is 2.10. The number of benzene rings is 1. The number of hydrogen-bond acceptors (Lipinski definition) is 3. The summed E-state index contributed by atoms with van der Waals surface area (Å²) >= 11 is 0. The Kier molecular flexibility index (Phi) is 6.16. The van der Waals surface area contributed by atoms with E-state index in [1.807, 2.05) is 48.9 Å². The summed E-state index contributed by atoms with van der Waals surface area (Å²) in [7, 11) is 0. The molecule has 0 aliphatic carbocycles. The Hall–Kier alpha value is -2.58. The zero-order valence-electron chi connectivity index (χ0n) is 14.1. The van der Waals surface area contributed by atoms with E-state index in [0.29, 0.717) is 13.0 Å². The fourth-order valence-electron chi connectivity index (χ4n) is 2.43. The van der Waals surface area contributed by atoms with Crippen LogP contribution in [-0.4, -0.2) is 28.2 Å². The fourth-order valence-corrected chi connectivity index (χ4v) is 2.43. The van der Waals surface area contributed by atoms with Gasteiger partial charge in [-0.05, 0) is 18.1 Å². The quantitative estimate of drug-likeness (QED) is 0.768. The average Bonchev–Trinajstić information content (AvgIpc) is 2.94. The minimum absolute atomic E-state index is 0.104. The van der Waals surface area contributed by atoms with Crippen molar-refractivity contribution >= 4 is 22.9 Å². The summed E-state index contributed by atoms with van der Waals surface area (Å²) in [5.74, 6) is -0.129. The van der Waals surface area contributed by atoms with Crippen molar-refractivity contribution in [3.63, 3.8) is 0 Å². The molecule has 5 heteroatoms. The predicted molar refractivity (Wildman–Crippen MR) is 95.1 cm³/mol. The van der Waals surface area contributed by atoms with Crippen LogP contribution in [0.5, 0.6) is 0 Å². The molecule has 1 heterocycles. The van der Waals surface area contributed by atoms with E-state index in [4.69, 9.17) is 5.26 Å². The molecule has 24 heavy (non-hydrogen) atoms. The van der Waals surface area contributed by atoms with E-state index in [1.165, 1.54) is 6.08 Å². The van der Waals surface area contributed by atoms with E-state index in [2.05, 4.69) is 11.4 Å². The number of aryl methyl sites for hydroxylation is 1. The molecule has 0 fully saturated rings. The van der Waals surface area contributed by atoms with Crippen molar-refractivity contribution in [2.45, 2.75) is 32.9 Å². The Labute approximate surface area is 142 Å². The number of nitrogens with zero attached hydrogens (tertiary/aromatic N) is 2. The molecule has 5 nitrogen and oxygen atoms in total. The van der Waals surface area contributed by atoms with Crippen molar-refractivity contribution in [1.82, 2.24) is 9.88 Å². The maximum absolute atomic E-state index is 11.9. The summed E-state index contributed by atoms with van der Waals surface area (Å²) in [6, 6.07) is 10.1. The lowest BCUT2D eigenvalue weighted by molar-refractivity contribution is -0.117. The smallest absolute Gasteiger partial charge is 0.244 e. The highest BCUT2D eigenvalue weighted by atomic mass is 16.3. The number of aromatic nitrogens is 1. The molecule has 0 saturated carbocycles. The summed E-state index contributed by atoms with van der Waals surface area (Å²) in [5, 5.41) is 22.2. The highest BCUT2D eigenvalue weighted by molar-refractivity contribution is 5.96. The van der Waals surface area contributed by atoms with Gasteiger partial charge in [0.1, 0.15) is 0 Å². The highest BCUT2D eigenvalue weighted by Crippen LogP contribution is 2.22. The predicted octanol–water partition coefficient (Wildman–Crippen LogP) is 2.70. The lowest BCUT2D eigenvalue weighted by atomic mass is 10.1. The summed E-state index contributed by atoms with van der Waals surface area (Å²) in [6.07, 6.45) is 5.09. The molecule has 1 aromatic heterocycles. The Bertz CT molecular complexity index is 769. The van der Waals surface area contributed by atoms with Crippen molar-refractivity contribution in [2.24, 2.45) is 5.92 Å². The van der Waals surface area contributed by atoms with Crippen LogP contribution in [0.25, 0.3) is 17.0 Å². The van der Waals surface area contributed by atoms with E-state index in [9.17, 15) is 9.90 Å². The van der Waals surface area contributed by atoms with Crippen molar-refractivity contribution < 1.29 is 9.90 Å². The molecule has 126 valence electrons. The number of rotatable bonds is 7. The van der Waals surface area contributed by atoms with Gasteiger partial charge in [0, 0.05) is 41.8 Å². The minimum Gasteiger partial charge on any atom is -0.391 e. The largest absolute Gasteiger partial charge is 0.391 e. The number of carbonyl (C=O) groups is 1. The van der Waals surface area contributed by atoms with Gasteiger partial charge in [0.05, 0.1) is 18.6 Å². The van der Waals surface area contributed by atoms with Crippen LogP contribution in [0.15, 0.2) is 36.5 Å². The third-order valence-corrected chi connectivity index (χ3v) is 3.95. The first-order valence-electron chi connectivity index (χ1n) is 8.11. The summed E-state index contributed by atoms with van der Waals surface area (Å²) in [4.78, 5) is 11.9. The molecule has 2 rings (SSSR count). The van der Waals surface area contributed by atoms with Crippen LogP contribution in [0.3, 0.4) is 0 Å². The van der Waals surface area contributed by atoms with E-state index < -0.39 is 6.10 Å². The van der Waals surface area contributed by atoms with Crippen LogP contribution in [0.2, 0.25) is 0 Å². The average molecular weight is 325 g/mol. The van der Waals surface area contributed by atoms with Gasteiger partial charge in [-0.2, -0.15) is 5.26 Å². The van der Waals surface area contributed by atoms with Gasteiger partial charge in [-0.1, -0.05) is 32.0 Å². The first kappa shape index (κ1) is 17.8. The van der Waals surface area contributed by atoms with Gasteiger partial charge in [-0.3, -0.25) is 4.79 Å². The maximum Gasteiger partial charge on any atom is 0.244 e. The van der Waals surface area contributed by atoms with Crippen LogP contribution in [0.1, 0.15) is 25.8 Å². The maximum atomic E-state index is 11.9. The van der Waals surface area contributed by atoms with Gasteiger partial charge >= 0.3 is 0 Å². The zero-order chi connectivity index (χ0) is 17.5. The van der Waals surface area contributed by atoms with E-state index >= 15 is 0 Å². The lowest BCUT2D eigenvalue weighted by Crippen LogP contribution is -2.33. The Morgan fingerprint density at radius 3 is 2.88 bits per heavy atom. The van der Waals surface area contributed by atoms with Gasteiger partial charge in [-0.25, -0.2) is 0 Å². The summed E-state index contributed by atoms with van der Waals surface area (Å²) in [6.45, 7) is 4.67. The third-order valence-electron chi connectivity index (χ3n) is 3.95. The third kappa shape index (κ3) is 4.46. The zero-order valence-corrected chi connectivity index (χ0v) is 14.1. The minimum atomic E-state index is -0.546. The number of fused-ring (bicyclic) bond motifs is 1. The summed E-state index contributed by atoms with van der Waals surface area (Å²) in [5.41, 5.74) is 1.98. The van der Waals surface area contributed by atoms with Gasteiger partial charge in [0.2, 0.25) is 5.91 Å². The number of aliphatic hydroxyl groups is 1. The SMILES string of the molecule is CC(C)C(O)CNC(=O)/C=C/c1cn(CCC#N)c2ccccc12. The molecule has 1 unspecified atom stereocenters.